The van der Waals surface area contributed by atoms with E-state index in [-0.39, 0.29) is 42.1 Å². The lowest BCUT2D eigenvalue weighted by Crippen LogP contribution is -2.24. The number of hydrogen-bond acceptors (Lipinski definition) is 6. The van der Waals surface area contributed by atoms with Crippen LogP contribution in [0.4, 0.5) is 10.1 Å². The Hall–Kier alpha value is -4.33. The number of methoxy groups -OCH3 is 1. The van der Waals surface area contributed by atoms with Crippen LogP contribution in [0.5, 0.6) is 17.2 Å². The number of halogens is 1. The predicted octanol–water partition coefficient (Wildman–Crippen LogP) is 4.16. The molecule has 1 aliphatic rings. The normalized spacial score (nSPS) is 12.1. The number of anilines is 1. The molecular weight excluding hydrogens is 425 g/mol. The van der Waals surface area contributed by atoms with Gasteiger partial charge in [0.15, 0.2) is 11.5 Å². The molecule has 0 atom stereocenters. The van der Waals surface area contributed by atoms with E-state index in [1.54, 1.807) is 36.4 Å². The van der Waals surface area contributed by atoms with Crippen LogP contribution >= 0.6 is 0 Å². The first-order valence-electron chi connectivity index (χ1n) is 10.1. The number of rotatable bonds is 7. The molecule has 0 bridgehead atoms. The molecule has 0 unspecified atom stereocenters. The second-order valence-electron chi connectivity index (χ2n) is 7.28. The quantitative estimate of drug-likeness (QED) is 0.373. The van der Waals surface area contributed by atoms with Gasteiger partial charge in [0.2, 0.25) is 6.79 Å². The Labute approximate surface area is 190 Å². The van der Waals surface area contributed by atoms with Gasteiger partial charge < -0.3 is 30.7 Å². The fraction of sp³-hybridized carbons (Fsp3) is 0.120. The van der Waals surface area contributed by atoms with Crippen LogP contribution in [0.3, 0.4) is 0 Å². The highest BCUT2D eigenvalue weighted by Gasteiger charge is 2.20. The molecular formula is C25H22FN3O4. The first-order valence-corrected chi connectivity index (χ1v) is 10.1. The largest absolute Gasteiger partial charge is 0.495 e. The van der Waals surface area contributed by atoms with Crippen molar-refractivity contribution in [3.05, 3.63) is 88.7 Å². The Balaban J connectivity index is 1.53. The zero-order valence-corrected chi connectivity index (χ0v) is 17.9. The van der Waals surface area contributed by atoms with E-state index in [1.165, 1.54) is 25.3 Å². The molecule has 3 aromatic rings. The van der Waals surface area contributed by atoms with Crippen molar-refractivity contribution in [3.63, 3.8) is 0 Å². The monoisotopic (exact) mass is 447 g/mol. The van der Waals surface area contributed by atoms with Gasteiger partial charge in [0, 0.05) is 12.2 Å². The van der Waals surface area contributed by atoms with Crippen molar-refractivity contribution in [1.29, 1.82) is 5.41 Å². The van der Waals surface area contributed by atoms with Crippen molar-refractivity contribution in [2.24, 2.45) is 0 Å². The molecule has 8 heteroatoms. The third-order valence-corrected chi connectivity index (χ3v) is 5.11. The zero-order chi connectivity index (χ0) is 23.4. The number of allylic oxidation sites excluding steroid dienone is 1. The molecule has 3 aromatic carbocycles. The Kier molecular flexibility index (Phi) is 6.26. The smallest absolute Gasteiger partial charge is 0.255 e. The molecule has 0 saturated heterocycles. The summed E-state index contributed by atoms with van der Waals surface area (Å²) in [6, 6.07) is 14.4. The van der Waals surface area contributed by atoms with E-state index in [0.29, 0.717) is 22.7 Å². The predicted molar refractivity (Wildman–Crippen MR) is 123 cm³/mol. The third-order valence-electron chi connectivity index (χ3n) is 5.11. The lowest BCUT2D eigenvalue weighted by molar-refractivity contribution is 0.0948. The van der Waals surface area contributed by atoms with E-state index in [1.807, 2.05) is 12.1 Å². The number of carbonyl (C=O) groups excluding carboxylic acids is 1. The molecule has 0 saturated carbocycles. The molecule has 4 N–H and O–H groups in total. The molecule has 7 nitrogen and oxygen atoms in total. The molecule has 0 aliphatic carbocycles. The van der Waals surface area contributed by atoms with Crippen LogP contribution in [0, 0.1) is 11.2 Å². The maximum Gasteiger partial charge on any atom is 0.255 e. The lowest BCUT2D eigenvalue weighted by Gasteiger charge is -2.15. The highest BCUT2D eigenvalue weighted by molar-refractivity contribution is 6.15. The van der Waals surface area contributed by atoms with Gasteiger partial charge in [0.05, 0.1) is 23.9 Å². The SMILES string of the molecule is COc1c(C(=O)NCc2ccc3c(c2)OCO3)ccc(N)c1C(=N)/C=C/c1ccc(F)cc1. The zero-order valence-electron chi connectivity index (χ0n) is 17.9. The van der Waals surface area contributed by atoms with Crippen LogP contribution in [0.1, 0.15) is 27.0 Å². The summed E-state index contributed by atoms with van der Waals surface area (Å²) < 4.78 is 29.2. The van der Waals surface area contributed by atoms with Gasteiger partial charge >= 0.3 is 0 Å². The van der Waals surface area contributed by atoms with Gasteiger partial charge in [0.25, 0.3) is 5.91 Å². The number of carbonyl (C=O) groups is 1. The molecule has 0 radical (unpaired) electrons. The van der Waals surface area contributed by atoms with Gasteiger partial charge in [-0.3, -0.25) is 4.79 Å². The number of hydrogen-bond donors (Lipinski definition) is 3. The summed E-state index contributed by atoms with van der Waals surface area (Å²) in [4.78, 5) is 12.9. The van der Waals surface area contributed by atoms with Crippen molar-refractivity contribution < 1.29 is 23.4 Å². The number of nitrogens with one attached hydrogen (secondary N) is 2. The number of benzene rings is 3. The Morgan fingerprint density at radius 1 is 1.15 bits per heavy atom. The molecule has 0 fully saturated rings. The van der Waals surface area contributed by atoms with E-state index in [0.717, 1.165) is 11.1 Å². The van der Waals surface area contributed by atoms with E-state index >= 15 is 0 Å². The Bertz CT molecular complexity index is 1240. The van der Waals surface area contributed by atoms with E-state index in [4.69, 9.17) is 25.4 Å². The van der Waals surface area contributed by atoms with Crippen LogP contribution < -0.4 is 25.3 Å². The summed E-state index contributed by atoms with van der Waals surface area (Å²) in [7, 11) is 1.42. The summed E-state index contributed by atoms with van der Waals surface area (Å²) in [5.74, 6) is 0.790. The highest BCUT2D eigenvalue weighted by Crippen LogP contribution is 2.33. The Morgan fingerprint density at radius 2 is 1.91 bits per heavy atom. The van der Waals surface area contributed by atoms with Crippen molar-refractivity contribution in [1.82, 2.24) is 5.32 Å². The molecule has 1 heterocycles. The highest BCUT2D eigenvalue weighted by atomic mass is 19.1. The molecule has 33 heavy (non-hydrogen) atoms. The first-order chi connectivity index (χ1) is 16.0. The summed E-state index contributed by atoms with van der Waals surface area (Å²) >= 11 is 0. The van der Waals surface area contributed by atoms with Crippen molar-refractivity contribution in [2.75, 3.05) is 19.6 Å². The van der Waals surface area contributed by atoms with Crippen LogP contribution in [0.2, 0.25) is 0 Å². The molecule has 0 spiro atoms. The van der Waals surface area contributed by atoms with Gasteiger partial charge in [-0.2, -0.15) is 0 Å². The number of nitrogen functional groups attached to an aromatic ring is 1. The van der Waals surface area contributed by atoms with E-state index in [2.05, 4.69) is 5.32 Å². The maximum absolute atomic E-state index is 13.1. The van der Waals surface area contributed by atoms with Crippen molar-refractivity contribution >= 4 is 23.4 Å². The van der Waals surface area contributed by atoms with Crippen molar-refractivity contribution in [2.45, 2.75) is 6.54 Å². The fourth-order valence-corrected chi connectivity index (χ4v) is 3.43. The standard InChI is InChI=1S/C25H22FN3O4/c1-31-24-18(25(30)29-13-16-5-11-21-22(12-16)33-14-32-21)8-10-20(28)23(24)19(27)9-4-15-2-6-17(26)7-3-15/h2-12,27H,13-14,28H2,1H3,(H,29,30)/b9-4+,27-19?. The second-order valence-corrected chi connectivity index (χ2v) is 7.28. The maximum atomic E-state index is 13.1. The third kappa shape index (κ3) is 4.79. The van der Waals surface area contributed by atoms with Crippen LogP contribution in [0.15, 0.2) is 60.7 Å². The van der Waals surface area contributed by atoms with Crippen LogP contribution in [-0.4, -0.2) is 25.5 Å². The first kappa shape index (κ1) is 21.9. The summed E-state index contributed by atoms with van der Waals surface area (Å²) in [5, 5.41) is 11.3. The van der Waals surface area contributed by atoms with Gasteiger partial charge in [-0.1, -0.05) is 24.3 Å². The van der Waals surface area contributed by atoms with Gasteiger partial charge in [-0.05, 0) is 53.6 Å². The number of ether oxygens (including phenoxy) is 3. The molecule has 1 aliphatic heterocycles. The molecule has 168 valence electrons. The van der Waals surface area contributed by atoms with E-state index < -0.39 is 0 Å². The average molecular weight is 447 g/mol. The second kappa shape index (κ2) is 9.44. The summed E-state index contributed by atoms with van der Waals surface area (Å²) in [6.45, 7) is 0.443. The topological polar surface area (TPSA) is 107 Å². The van der Waals surface area contributed by atoms with Gasteiger partial charge in [-0.15, -0.1) is 0 Å². The van der Waals surface area contributed by atoms with Crippen LogP contribution in [0.25, 0.3) is 6.08 Å². The van der Waals surface area contributed by atoms with Gasteiger partial charge in [-0.25, -0.2) is 4.39 Å². The van der Waals surface area contributed by atoms with Crippen LogP contribution in [-0.2, 0) is 6.54 Å². The number of fused-ring (bicyclic) bond motifs is 1. The minimum absolute atomic E-state index is 0.0547. The summed E-state index contributed by atoms with van der Waals surface area (Å²) in [6.07, 6.45) is 3.18. The minimum Gasteiger partial charge on any atom is -0.495 e. The number of nitrogens with two attached hydrogens (primary N) is 1. The average Bonchev–Trinajstić information content (AvgIpc) is 3.29. The van der Waals surface area contributed by atoms with E-state index in [9.17, 15) is 9.18 Å². The molecule has 0 aromatic heterocycles. The molecule has 4 rings (SSSR count). The van der Waals surface area contributed by atoms with Gasteiger partial charge in [0.1, 0.15) is 11.6 Å². The van der Waals surface area contributed by atoms with Crippen molar-refractivity contribution in [3.8, 4) is 17.2 Å². The molecule has 1 amide bonds. The summed E-state index contributed by atoms with van der Waals surface area (Å²) in [5.41, 5.74) is 8.58. The lowest BCUT2D eigenvalue weighted by atomic mass is 10.0. The minimum atomic E-state index is -0.374. The Morgan fingerprint density at radius 3 is 2.67 bits per heavy atom. The fourth-order valence-electron chi connectivity index (χ4n) is 3.43. The number of amides is 1.